The Morgan fingerprint density at radius 1 is 0.458 bits per heavy atom. The summed E-state index contributed by atoms with van der Waals surface area (Å²) in [6.07, 6.45) is 1.97. The number of halogens is 1. The number of urea groups is 2. The maximum atomic E-state index is 14.0. The number of anilines is 2. The second kappa shape index (κ2) is 52.6. The first kappa shape index (κ1) is 97.6. The first-order valence-corrected chi connectivity index (χ1v) is 40.0. The molecule has 644 valence electrons. The van der Waals surface area contributed by atoms with E-state index >= 15 is 0 Å². The smallest absolute Gasteiger partial charge is 0.326 e. The van der Waals surface area contributed by atoms with Crippen molar-refractivity contribution in [2.75, 3.05) is 102 Å². The number of aromatic nitrogens is 3. The summed E-state index contributed by atoms with van der Waals surface area (Å²) in [5, 5.41) is 106. The van der Waals surface area contributed by atoms with E-state index in [1.807, 2.05) is 29.6 Å². The molecule has 1 aliphatic heterocycles. The fourth-order valence-electron chi connectivity index (χ4n) is 12.6. The van der Waals surface area contributed by atoms with Gasteiger partial charge in [0.2, 0.25) is 11.8 Å². The fourth-order valence-corrected chi connectivity index (χ4v) is 13.2. The van der Waals surface area contributed by atoms with Gasteiger partial charge in [0.1, 0.15) is 30.5 Å². The number of carbonyl (C=O) groups excluding carboxylic acids is 8. The minimum absolute atomic E-state index is 0.0102. The lowest BCUT2D eigenvalue weighted by Crippen LogP contribution is -2.52. The van der Waals surface area contributed by atoms with Crippen LogP contribution in [0.15, 0.2) is 79.0 Å². The third kappa shape index (κ3) is 39.7. The molecular weight excluding hydrogens is 1680 g/mol. The fraction of sp³-hybridized carbons (Fsp3) is 0.519. The minimum atomic E-state index is -1.57. The van der Waals surface area contributed by atoms with Gasteiger partial charge in [-0.05, 0) is 147 Å². The number of ketones is 4. The molecule has 1 aliphatic rings. The Morgan fingerprint density at radius 2 is 1.01 bits per heavy atom. The highest BCUT2D eigenvalue weighted by molar-refractivity contribution is 14.1. The van der Waals surface area contributed by atoms with E-state index in [9.17, 15) is 112 Å². The Kier molecular flexibility index (Phi) is 43.5. The third-order valence-electron chi connectivity index (χ3n) is 19.0. The summed E-state index contributed by atoms with van der Waals surface area (Å²) in [6, 6.07) is 13.8. The van der Waals surface area contributed by atoms with Crippen LogP contribution in [0.25, 0.3) is 11.3 Å². The van der Waals surface area contributed by atoms with Gasteiger partial charge in [-0.25, -0.2) is 23.9 Å². The molecule has 0 saturated carbocycles. The Bertz CT molecular complexity index is 4070. The first-order chi connectivity index (χ1) is 56.2. The van der Waals surface area contributed by atoms with Crippen molar-refractivity contribution in [2.24, 2.45) is 5.92 Å². The van der Waals surface area contributed by atoms with Gasteiger partial charge >= 0.3 is 59.8 Å². The number of carboxylic acids is 8. The van der Waals surface area contributed by atoms with Crippen molar-refractivity contribution >= 4 is 146 Å². The molecule has 39 nitrogen and oxygen atoms in total. The van der Waals surface area contributed by atoms with Crippen molar-refractivity contribution in [3.8, 4) is 11.3 Å². The number of hydrogen-bond donors (Lipinski definition) is 16. The maximum absolute atomic E-state index is 14.0. The van der Waals surface area contributed by atoms with Crippen LogP contribution < -0.4 is 42.5 Å². The van der Waals surface area contributed by atoms with E-state index in [1.165, 1.54) is 10.9 Å². The highest BCUT2D eigenvalue weighted by Gasteiger charge is 2.32. The van der Waals surface area contributed by atoms with E-state index < -0.39 is 151 Å². The number of hydrogen-bond acceptors (Lipinski definition) is 23. The van der Waals surface area contributed by atoms with Gasteiger partial charge in [0.15, 0.2) is 22.5 Å². The molecule has 4 unspecified atom stereocenters. The zero-order valence-corrected chi connectivity index (χ0v) is 68.1. The summed E-state index contributed by atoms with van der Waals surface area (Å²) in [5.41, 5.74) is 3.23. The van der Waals surface area contributed by atoms with Gasteiger partial charge in [0, 0.05) is 137 Å². The van der Waals surface area contributed by atoms with Crippen LogP contribution in [-0.2, 0) is 86.5 Å². The molecule has 3 aromatic carbocycles. The van der Waals surface area contributed by atoms with E-state index in [0.29, 0.717) is 66.7 Å². The molecule has 6 amide bonds. The molecule has 4 aromatic rings. The molecule has 2 heterocycles. The Hall–Kier alpha value is -11.0. The molecule has 0 aliphatic carbocycles. The summed E-state index contributed by atoms with van der Waals surface area (Å²) in [6.45, 7) is -0.480. The van der Waals surface area contributed by atoms with Gasteiger partial charge in [-0.3, -0.25) is 77.1 Å². The number of thiocarbonyl (C=S) groups is 1. The monoisotopic (exact) mass is 1780 g/mol. The van der Waals surface area contributed by atoms with Crippen molar-refractivity contribution in [1.29, 1.82) is 0 Å². The molecule has 16 N–H and O–H groups in total. The number of Topliss-reactive ketones (excluding diaryl/α,β-unsaturated/α-hetero) is 4. The second-order valence-corrected chi connectivity index (χ2v) is 30.0. The van der Waals surface area contributed by atoms with Gasteiger partial charge in [0.25, 0.3) is 0 Å². The van der Waals surface area contributed by atoms with Crippen LogP contribution in [0.1, 0.15) is 127 Å². The minimum Gasteiger partial charge on any atom is -0.481 e. The molecule has 1 fully saturated rings. The van der Waals surface area contributed by atoms with Crippen LogP contribution in [0.2, 0.25) is 0 Å². The van der Waals surface area contributed by atoms with Crippen LogP contribution in [0.3, 0.4) is 0 Å². The number of unbranched alkanes of at least 4 members (excludes halogenated alkanes) is 4. The molecule has 1 saturated heterocycles. The topological polar surface area (TPSA) is 575 Å². The lowest BCUT2D eigenvalue weighted by Gasteiger charge is -2.35. The van der Waals surface area contributed by atoms with Crippen molar-refractivity contribution in [2.45, 2.75) is 159 Å². The lowest BCUT2D eigenvalue weighted by atomic mass is 9.91. The van der Waals surface area contributed by atoms with Gasteiger partial charge < -0.3 is 83.4 Å². The average Bonchev–Trinajstić information content (AvgIpc) is 1.65. The molecule has 118 heavy (non-hydrogen) atoms. The molecule has 0 radical (unpaired) electrons. The van der Waals surface area contributed by atoms with Crippen LogP contribution in [0.4, 0.5) is 21.0 Å². The van der Waals surface area contributed by atoms with Gasteiger partial charge in [-0.2, -0.15) is 0 Å². The van der Waals surface area contributed by atoms with E-state index in [0.717, 1.165) is 9.13 Å². The number of amides is 6. The molecule has 5 atom stereocenters. The van der Waals surface area contributed by atoms with Crippen molar-refractivity contribution < 1.29 is 118 Å². The molecule has 1 aromatic heterocycles. The number of carboxylic acid groups (broad SMARTS) is 8. The number of rotatable bonds is 53. The van der Waals surface area contributed by atoms with Crippen molar-refractivity contribution in [3.05, 3.63) is 93.7 Å². The number of carbonyl (C=O) groups is 16. The lowest BCUT2D eigenvalue weighted by molar-refractivity contribution is -0.145. The van der Waals surface area contributed by atoms with Crippen molar-refractivity contribution in [3.63, 3.8) is 0 Å². The summed E-state index contributed by atoms with van der Waals surface area (Å²) < 4.78 is 2.32. The standard InChI is InChI=1S/C77H104IN15O24S/c78-53-19-15-49(16-20-53)39-56(94)12-3-1-2-9-52(71(108)109)42-64(97)59(13-4-7-30-80-77(118)84-54-21-17-50(18-22-54)40-62(74(114)115)92-37-35-90(47-69(104)105)33-31-89(46-68(102)103)32-34-91(36-38-92)48-70(106)107)85-66(99)27-23-57(95)43-81-65(98)26-24-58(96)45-93-63(44-82-88-93)51-10-8-11-55(41-51)83-75(116)79-29-6-5-14-60(72(110)111)86-76(117)87-61(73(112)113)25-28-67(100)101/h8,10-11,15-22,41,44,52,59-62H,1-7,9,12-14,23-40,42-43,45-48H2,(H,81,98)(H,85,99)(H,100,101)(H,102,103)(H,104,105)(H,106,107)(H,108,109)(H,110,111)(H,112,113)(H,114,115)(H2,79,83,116)(H2,80,84,118)(H2,86,87,117)/t52-,59?,60?,61?,62?/m1/s1. The normalized spacial score (nSPS) is 14.3. The van der Waals surface area contributed by atoms with Gasteiger partial charge in [0.05, 0.1) is 50.0 Å². The predicted octanol–water partition coefficient (Wildman–Crippen LogP) is 3.26. The van der Waals surface area contributed by atoms with Crippen LogP contribution in [0.5, 0.6) is 0 Å². The highest BCUT2D eigenvalue weighted by atomic mass is 127. The van der Waals surface area contributed by atoms with Gasteiger partial charge in [-0.15, -0.1) is 5.10 Å². The van der Waals surface area contributed by atoms with E-state index in [-0.39, 0.29) is 167 Å². The maximum Gasteiger partial charge on any atom is 0.326 e. The predicted molar refractivity (Wildman–Crippen MR) is 436 cm³/mol. The Balaban J connectivity index is 1.09. The second-order valence-electron chi connectivity index (χ2n) is 28.4. The first-order valence-electron chi connectivity index (χ1n) is 38.5. The molecule has 41 heteroatoms. The number of nitrogens with zero attached hydrogens (tertiary/aromatic N) is 7. The van der Waals surface area contributed by atoms with Crippen molar-refractivity contribution in [1.82, 2.24) is 66.5 Å². The van der Waals surface area contributed by atoms with Gasteiger partial charge in [-0.1, -0.05) is 54.5 Å². The van der Waals surface area contributed by atoms with E-state index in [2.05, 4.69) is 70.1 Å². The van der Waals surface area contributed by atoms with E-state index in [4.69, 9.17) is 17.3 Å². The SMILES string of the molecule is O=C(O)CCC(NC(=O)NC(CCCCNC(=O)Nc1cccc(-c2cnnn2CC(=O)CCC(=O)NCC(=O)CCC(=O)NC(CCCCNC(=S)Nc2ccc(CC(C(=O)O)N3CCN(CC(=O)O)CCN(CC(=O)O)CCN(CC(=O)O)CC3)cc2)C(=O)C[C@@H](CCCCCC(=O)Cc2ccc(I)cc2)C(=O)O)c1)C(=O)O)C(=O)O. The van der Waals surface area contributed by atoms with Crippen LogP contribution in [0, 0.1) is 9.49 Å². The van der Waals surface area contributed by atoms with Crippen LogP contribution >= 0.6 is 34.8 Å². The summed E-state index contributed by atoms with van der Waals surface area (Å²) in [4.78, 5) is 206. The highest BCUT2D eigenvalue weighted by Crippen LogP contribution is 2.24. The number of benzene rings is 3. The zero-order valence-electron chi connectivity index (χ0n) is 65.2. The average molecular weight is 1780 g/mol. The summed E-state index contributed by atoms with van der Waals surface area (Å²) in [7, 11) is 0. The zero-order chi connectivity index (χ0) is 86.6. The van der Waals surface area contributed by atoms with Crippen LogP contribution in [-0.4, -0.2) is 291 Å². The van der Waals surface area contributed by atoms with E-state index in [1.54, 1.807) is 68.1 Å². The molecule has 0 spiro atoms. The largest absolute Gasteiger partial charge is 0.481 e. The summed E-state index contributed by atoms with van der Waals surface area (Å²) in [5.74, 6) is -13.9. The molecule has 0 bridgehead atoms. The number of aliphatic carboxylic acids is 8. The summed E-state index contributed by atoms with van der Waals surface area (Å²) >= 11 is 7.75. The Morgan fingerprint density at radius 3 is 1.58 bits per heavy atom. The number of nitrogens with one attached hydrogen (secondary N) is 8. The molecular formula is C77H104IN15O24S. The quantitative estimate of drug-likeness (QED) is 0.0171. The third-order valence-corrected chi connectivity index (χ3v) is 20.0. The Labute approximate surface area is 698 Å². The molecule has 5 rings (SSSR count).